The van der Waals surface area contributed by atoms with E-state index in [0.717, 1.165) is 86.7 Å². The summed E-state index contributed by atoms with van der Waals surface area (Å²) in [5.41, 5.74) is 37.4. The first kappa shape index (κ1) is 69.2. The molecule has 3 heteroatoms. The molecule has 19 aromatic carbocycles. The van der Waals surface area contributed by atoms with Crippen molar-refractivity contribution in [3.05, 3.63) is 538 Å². The van der Waals surface area contributed by atoms with Crippen molar-refractivity contribution in [3.63, 3.8) is 0 Å². The normalized spacial score (nSPS) is 14.2. The molecule has 0 aliphatic heterocycles. The van der Waals surface area contributed by atoms with Crippen LogP contribution in [0, 0.1) is 0 Å². The zero-order valence-electron chi connectivity index (χ0n) is 66.0. The summed E-state index contributed by atoms with van der Waals surface area (Å²) in [5, 5.41) is 4.29. The predicted octanol–water partition coefficient (Wildman–Crippen LogP) is 29.3. The third-order valence-electron chi connectivity index (χ3n) is 27.4. The van der Waals surface area contributed by atoms with E-state index in [-0.39, 0.29) is 0 Å². The number of benzene rings is 19. The molecule has 2 aromatic heterocycles. The lowest BCUT2D eigenvalue weighted by atomic mass is 9.67. The van der Waals surface area contributed by atoms with Crippen molar-refractivity contribution in [3.8, 4) is 87.6 Å². The molecular weight excluding hydrogens is 1480 g/mol. The van der Waals surface area contributed by atoms with Crippen LogP contribution in [0.15, 0.2) is 449 Å². The lowest BCUT2D eigenvalue weighted by molar-refractivity contribution is 0.768. The SMILES string of the molecule is c1ccc(C2(c3ccccc3)c3ccccc3-c3ccc(-c4sc(-c5ccc6c(c5)C(c5ccccc5)(c5ccccc5)c5ccccc5-6)c5nc6c7cc(-c8cccc9c8-c8ccccc8C9(c8ccccc8)c8ccccc8)ccc7c7ccc(-c8cccc9c8-c8ccccc8C9(c8ccccc8)c8ccccc8)cc7c6nc45)cc32)cc1. The van der Waals surface area contributed by atoms with Crippen LogP contribution in [0.3, 0.4) is 0 Å². The maximum absolute atomic E-state index is 6.46. The second-order valence-corrected chi connectivity index (χ2v) is 34.0. The summed E-state index contributed by atoms with van der Waals surface area (Å²) in [6, 6.07) is 169. The first-order valence-electron chi connectivity index (χ1n) is 42.1. The molecule has 2 heterocycles. The highest BCUT2D eigenvalue weighted by molar-refractivity contribution is 7.21. The van der Waals surface area contributed by atoms with Crippen molar-refractivity contribution in [2.45, 2.75) is 21.7 Å². The highest BCUT2D eigenvalue weighted by Crippen LogP contribution is 2.64. The summed E-state index contributed by atoms with van der Waals surface area (Å²) in [6.07, 6.45) is 0. The quantitative estimate of drug-likeness (QED) is 0.114. The van der Waals surface area contributed by atoms with E-state index in [1.807, 2.05) is 11.3 Å². The largest absolute Gasteiger partial charge is 0.242 e. The van der Waals surface area contributed by atoms with Gasteiger partial charge in [-0.15, -0.1) is 11.3 Å². The van der Waals surface area contributed by atoms with Gasteiger partial charge in [-0.25, -0.2) is 9.97 Å². The third kappa shape index (κ3) is 9.58. The van der Waals surface area contributed by atoms with Crippen molar-refractivity contribution in [2.75, 3.05) is 0 Å². The maximum atomic E-state index is 6.46. The minimum absolute atomic E-state index is 0.590. The van der Waals surface area contributed by atoms with Gasteiger partial charge in [0.15, 0.2) is 0 Å². The fourth-order valence-electron chi connectivity index (χ4n) is 22.6. The molecule has 25 rings (SSSR count). The number of nitrogens with zero attached hydrogens (tertiary/aromatic N) is 2. The molecule has 0 saturated carbocycles. The molecule has 0 unspecified atom stereocenters. The average Bonchev–Trinajstić information content (AvgIpc) is 1.51. The van der Waals surface area contributed by atoms with Gasteiger partial charge in [0.05, 0.1) is 42.4 Å². The summed E-state index contributed by atoms with van der Waals surface area (Å²) in [6.45, 7) is 0. The Hall–Kier alpha value is -15.0. The second-order valence-electron chi connectivity index (χ2n) is 33.0. The van der Waals surface area contributed by atoms with Crippen LogP contribution >= 0.6 is 11.3 Å². The van der Waals surface area contributed by atoms with Crippen molar-refractivity contribution in [1.29, 1.82) is 0 Å². The van der Waals surface area contributed by atoms with Crippen LogP contribution in [-0.2, 0) is 21.7 Å². The van der Waals surface area contributed by atoms with Gasteiger partial charge < -0.3 is 0 Å². The molecule has 0 N–H and O–H groups in total. The minimum Gasteiger partial charge on any atom is -0.242 e. The first-order valence-corrected chi connectivity index (χ1v) is 42.9. The fraction of sp³-hybridized carbons (Fsp3) is 0.0339. The summed E-state index contributed by atoms with van der Waals surface area (Å²) in [7, 11) is 0. The molecule has 2 nitrogen and oxygen atoms in total. The number of hydrogen-bond donors (Lipinski definition) is 0. The van der Waals surface area contributed by atoms with E-state index in [1.165, 1.54) is 134 Å². The van der Waals surface area contributed by atoms with Gasteiger partial charge in [0, 0.05) is 10.8 Å². The van der Waals surface area contributed by atoms with Crippen molar-refractivity contribution in [1.82, 2.24) is 9.97 Å². The molecule has 0 radical (unpaired) electrons. The minimum atomic E-state index is -0.652. The van der Waals surface area contributed by atoms with Crippen molar-refractivity contribution in [2.24, 2.45) is 0 Å². The fourth-order valence-corrected chi connectivity index (χ4v) is 23.8. The van der Waals surface area contributed by atoms with E-state index >= 15 is 0 Å². The van der Waals surface area contributed by atoms with E-state index < -0.39 is 21.7 Å². The Labute approximate surface area is 707 Å². The van der Waals surface area contributed by atoms with Gasteiger partial charge in [-0.2, -0.15) is 0 Å². The standard InChI is InChI=1S/C118H74N2S/c1-9-35-79(36-10-1)115(80-37-11-2-12-38-80)101-59-31-27-53-95(101)107-87(55-33-61-103(107)115)75-63-67-89-90-68-64-76(88-56-34-62-104-108(88)96-54-28-32-60-102(96)116(104,81-39-13-3-14-40-81)82-41-15-4-16-42-82)72-98(90)110-109(97(89)71-75)119-111-112(120-110)114(78-66-70-94-92-52-26-30-58-100(92)118(106(94)74-78,85-47-21-7-22-48-85)86-49-23-8-24-50-86)121-113(111)77-65-69-93-91-51-25-29-57-99(91)117(105(93)73-77,83-43-17-5-18-44-83)84-45-19-6-20-46-84/h1-74H. The number of hydrogen-bond acceptors (Lipinski definition) is 3. The summed E-state index contributed by atoms with van der Waals surface area (Å²) in [4.78, 5) is 15.0. The molecule has 0 bridgehead atoms. The van der Waals surface area contributed by atoms with Crippen LogP contribution in [0.5, 0.6) is 0 Å². The van der Waals surface area contributed by atoms with E-state index in [1.54, 1.807) is 0 Å². The molecule has 21 aromatic rings. The van der Waals surface area contributed by atoms with Gasteiger partial charge in [-0.1, -0.05) is 425 Å². The molecule has 0 fully saturated rings. The Bertz CT molecular complexity index is 7170. The zero-order chi connectivity index (χ0) is 79.5. The Morgan fingerprint density at radius 1 is 0.157 bits per heavy atom. The van der Waals surface area contributed by atoms with Crippen molar-refractivity contribution < 1.29 is 0 Å². The molecule has 4 aliphatic rings. The predicted molar refractivity (Wildman–Crippen MR) is 501 cm³/mol. The van der Waals surface area contributed by atoms with Gasteiger partial charge in [-0.05, 0) is 202 Å². The lowest BCUT2D eigenvalue weighted by Crippen LogP contribution is -2.28. The van der Waals surface area contributed by atoms with Gasteiger partial charge in [0.25, 0.3) is 0 Å². The van der Waals surface area contributed by atoms with Crippen LogP contribution < -0.4 is 0 Å². The van der Waals surface area contributed by atoms with Crippen LogP contribution in [0.25, 0.3) is 131 Å². The third-order valence-corrected chi connectivity index (χ3v) is 28.7. The highest BCUT2D eigenvalue weighted by atomic mass is 32.1. The molecule has 121 heavy (non-hydrogen) atoms. The van der Waals surface area contributed by atoms with Gasteiger partial charge in [-0.3, -0.25) is 0 Å². The molecule has 4 aliphatic carbocycles. The van der Waals surface area contributed by atoms with Crippen molar-refractivity contribution >= 4 is 54.9 Å². The van der Waals surface area contributed by atoms with E-state index in [4.69, 9.17) is 9.97 Å². The zero-order valence-corrected chi connectivity index (χ0v) is 66.8. The highest BCUT2D eigenvalue weighted by Gasteiger charge is 2.51. The Balaban J connectivity index is 0.797. The molecule has 0 amide bonds. The van der Waals surface area contributed by atoms with Crippen LogP contribution in [-0.4, -0.2) is 9.97 Å². The molecule has 0 atom stereocenters. The summed E-state index contributed by atoms with van der Waals surface area (Å²) in [5.74, 6) is 0. The Morgan fingerprint density at radius 3 is 0.711 bits per heavy atom. The number of fused-ring (bicyclic) bond motifs is 19. The molecule has 562 valence electrons. The second kappa shape index (κ2) is 26.8. The number of aromatic nitrogens is 2. The van der Waals surface area contributed by atoms with E-state index in [2.05, 4.69) is 449 Å². The van der Waals surface area contributed by atoms with Gasteiger partial charge in [0.2, 0.25) is 0 Å². The van der Waals surface area contributed by atoms with Crippen LogP contribution in [0.4, 0.5) is 0 Å². The molecular formula is C118H74N2S. The molecule has 0 saturated heterocycles. The van der Waals surface area contributed by atoms with Crippen LogP contribution in [0.1, 0.15) is 89.0 Å². The Kier molecular flexibility index (Phi) is 15.3. The number of rotatable bonds is 12. The lowest BCUT2D eigenvalue weighted by Gasteiger charge is -2.34. The van der Waals surface area contributed by atoms with Gasteiger partial charge in [0.1, 0.15) is 11.0 Å². The maximum Gasteiger partial charge on any atom is 0.109 e. The smallest absolute Gasteiger partial charge is 0.109 e. The first-order chi connectivity index (χ1) is 60.0. The summed E-state index contributed by atoms with van der Waals surface area (Å²) < 4.78 is 0. The monoisotopic (exact) mass is 1550 g/mol. The Morgan fingerprint density at radius 2 is 0.397 bits per heavy atom. The number of thiophene rings is 1. The van der Waals surface area contributed by atoms with Gasteiger partial charge >= 0.3 is 0 Å². The molecule has 0 spiro atoms. The summed E-state index contributed by atoms with van der Waals surface area (Å²) >= 11 is 1.82. The topological polar surface area (TPSA) is 25.8 Å². The van der Waals surface area contributed by atoms with E-state index in [0.29, 0.717) is 0 Å². The van der Waals surface area contributed by atoms with Crippen LogP contribution in [0.2, 0.25) is 0 Å². The van der Waals surface area contributed by atoms with E-state index in [9.17, 15) is 0 Å². The average molecular weight is 1550 g/mol.